The summed E-state index contributed by atoms with van der Waals surface area (Å²) in [5.74, 6) is 0.491. The average Bonchev–Trinajstić information content (AvgIpc) is 1.65. The quantitative estimate of drug-likeness (QED) is 0.571. The summed E-state index contributed by atoms with van der Waals surface area (Å²) in [5, 5.41) is 8.33. The second kappa shape index (κ2) is 91.6. The molecule has 0 amide bonds. The number of aliphatic hydroxyl groups is 1. The van der Waals surface area contributed by atoms with E-state index >= 15 is 0 Å². The van der Waals surface area contributed by atoms with Crippen molar-refractivity contribution in [1.82, 2.24) is 0 Å². The van der Waals surface area contributed by atoms with Crippen molar-refractivity contribution in [3.05, 3.63) is 0 Å². The Hall–Kier alpha value is -1.04. The molecule has 0 heterocycles. The van der Waals surface area contributed by atoms with Gasteiger partial charge in [-0.3, -0.25) is 0 Å². The molecule has 96 valence electrons. The first kappa shape index (κ1) is 118. The summed E-state index contributed by atoms with van der Waals surface area (Å²) in [5.41, 5.74) is 0. The molecule has 0 rings (SSSR count). The predicted molar refractivity (Wildman–Crippen MR) is 73.7 cm³/mol. The van der Waals surface area contributed by atoms with E-state index in [4.69, 9.17) is 5.11 Å². The summed E-state index contributed by atoms with van der Waals surface area (Å²) < 4.78 is 0. The first-order valence-corrected chi connectivity index (χ1v) is 2.42. The Morgan fingerprint density at radius 2 is 1.07 bits per heavy atom. The molecule has 1 unspecified atom stereocenters. The molecule has 0 fully saturated rings. The number of hydrogen-bond acceptors (Lipinski definition) is 1. The van der Waals surface area contributed by atoms with Crippen molar-refractivity contribution in [3.63, 3.8) is 0 Å². The van der Waals surface area contributed by atoms with E-state index in [9.17, 15) is 0 Å². The molecule has 0 aromatic carbocycles. The Kier molecular flexibility index (Phi) is 774. The van der Waals surface area contributed by atoms with Crippen LogP contribution < -0.4 is 0 Å². The van der Waals surface area contributed by atoms with Crippen molar-refractivity contribution in [1.29, 1.82) is 0 Å². The zero-order chi connectivity index (χ0) is 4.99. The van der Waals surface area contributed by atoms with E-state index in [1.54, 1.807) is 0 Å². The standard InChI is InChI=1S/C5H12O.7CH4.Rf/c1-3-5(2)4-6;;;;;;;;/h5-6H,3-4H2,1-2H3;7*1H4;. The molecular weight excluding hydrogens is 427 g/mol. The van der Waals surface area contributed by atoms with Gasteiger partial charge in [0.05, 0.1) is 0 Å². The van der Waals surface area contributed by atoms with Crippen LogP contribution in [0, 0.1) is 5.92 Å². The van der Waals surface area contributed by atoms with Crippen molar-refractivity contribution >= 4 is 0 Å². The van der Waals surface area contributed by atoms with E-state index in [0.29, 0.717) is 12.5 Å². The molecule has 0 aliphatic heterocycles. The molecule has 0 saturated carbocycles. The Morgan fingerprint density at radius 1 is 0.857 bits per heavy atom. The summed E-state index contributed by atoms with van der Waals surface area (Å²) in [7, 11) is 0. The summed E-state index contributed by atoms with van der Waals surface area (Å²) in [6.45, 7) is 4.43. The summed E-state index contributed by atoms with van der Waals surface area (Å²) in [6.07, 6.45) is 1.08. The van der Waals surface area contributed by atoms with Gasteiger partial charge in [-0.25, -0.2) is 0 Å². The first-order valence-electron chi connectivity index (χ1n) is 2.42. The summed E-state index contributed by atoms with van der Waals surface area (Å²) in [6, 6.07) is 0. The monoisotopic (exact) mass is 467 g/mol. The van der Waals surface area contributed by atoms with E-state index in [0.717, 1.165) is 6.42 Å². The SMILES string of the molecule is C.C.C.C.C.C.C.CCC(C)CO.[Rf]. The third-order valence-corrected chi connectivity index (χ3v) is 1.01. The Labute approximate surface area is 90.6 Å². The molecule has 0 saturated heterocycles. The van der Waals surface area contributed by atoms with Crippen molar-refractivity contribution in [2.75, 3.05) is 6.61 Å². The van der Waals surface area contributed by atoms with E-state index in [-0.39, 0.29) is 52.0 Å². The van der Waals surface area contributed by atoms with Crippen molar-refractivity contribution in [2.45, 2.75) is 72.3 Å². The average molecular weight is 467 g/mol. The van der Waals surface area contributed by atoms with Crippen LogP contribution in [0.4, 0.5) is 0 Å². The van der Waals surface area contributed by atoms with Gasteiger partial charge in [0.1, 0.15) is 0 Å². The molecule has 0 radical (unpaired) electrons. The van der Waals surface area contributed by atoms with Crippen LogP contribution in [0.15, 0.2) is 0 Å². The molecular formula is C12H40ORf. The smallest absolute Gasteiger partial charge is 0.0456 e. The van der Waals surface area contributed by atoms with E-state index in [2.05, 4.69) is 6.92 Å². The minimum absolute atomic E-state index is 0. The Bertz CT molecular complexity index is 29.5. The fourth-order valence-corrected chi connectivity index (χ4v) is 0.129. The van der Waals surface area contributed by atoms with Crippen molar-refractivity contribution in [3.8, 4) is 0 Å². The minimum atomic E-state index is 0. The van der Waals surface area contributed by atoms with Crippen molar-refractivity contribution in [2.24, 2.45) is 5.92 Å². The van der Waals surface area contributed by atoms with Gasteiger partial charge in [0.2, 0.25) is 0 Å². The van der Waals surface area contributed by atoms with Gasteiger partial charge in [-0.05, 0) is 5.92 Å². The van der Waals surface area contributed by atoms with Crippen LogP contribution >= 0.6 is 0 Å². The Balaban J connectivity index is -0.00000000446. The normalized spacial score (nSPS) is 6.21. The summed E-state index contributed by atoms with van der Waals surface area (Å²) in [4.78, 5) is 0. The third kappa shape index (κ3) is 124. The van der Waals surface area contributed by atoms with Crippen LogP contribution in [0.3, 0.4) is 0 Å². The molecule has 14 heavy (non-hydrogen) atoms. The predicted octanol–water partition coefficient (Wildman–Crippen LogP) is 5.48. The molecule has 0 aliphatic rings. The van der Waals surface area contributed by atoms with Gasteiger partial charge in [0, 0.05) is 6.61 Å². The van der Waals surface area contributed by atoms with Crippen LogP contribution in [-0.2, 0) is 0 Å². The van der Waals surface area contributed by atoms with Crippen molar-refractivity contribution < 1.29 is 5.11 Å². The molecule has 2 heteroatoms. The van der Waals surface area contributed by atoms with E-state index in [1.165, 1.54) is 0 Å². The van der Waals surface area contributed by atoms with Crippen LogP contribution in [0.1, 0.15) is 72.3 Å². The third-order valence-electron chi connectivity index (χ3n) is 1.01. The molecule has 0 aliphatic carbocycles. The zero-order valence-corrected chi connectivity index (χ0v) is 11.5. The topological polar surface area (TPSA) is 20.2 Å². The molecule has 1 nitrogen and oxygen atoms in total. The first-order chi connectivity index (χ1) is 2.81. The van der Waals surface area contributed by atoms with Gasteiger partial charge < -0.3 is 5.11 Å². The second-order valence-electron chi connectivity index (χ2n) is 1.70. The minimum Gasteiger partial charge on any atom is -0.396 e. The molecule has 0 aromatic heterocycles. The van der Waals surface area contributed by atoms with Crippen LogP contribution in [0.2, 0.25) is 0 Å². The van der Waals surface area contributed by atoms with Crippen LogP contribution in [-0.4, -0.2) is 11.7 Å². The van der Waals surface area contributed by atoms with E-state index < -0.39 is 0 Å². The number of aliphatic hydroxyl groups excluding tert-OH is 1. The Morgan fingerprint density at radius 3 is 1.07 bits per heavy atom. The molecule has 1 atom stereocenters. The number of hydrogen-bond donors (Lipinski definition) is 1. The van der Waals surface area contributed by atoms with Gasteiger partial charge in [-0.15, -0.1) is 0 Å². The van der Waals surface area contributed by atoms with Gasteiger partial charge >= 0.3 is 0 Å². The van der Waals surface area contributed by atoms with E-state index in [1.807, 2.05) is 6.92 Å². The maximum Gasteiger partial charge on any atom is 0.0456 e. The fourth-order valence-electron chi connectivity index (χ4n) is 0.129. The summed E-state index contributed by atoms with van der Waals surface area (Å²) >= 11 is 0. The van der Waals surface area contributed by atoms with Gasteiger partial charge in [0.25, 0.3) is 0 Å². The maximum atomic E-state index is 8.33. The van der Waals surface area contributed by atoms with Crippen LogP contribution in [0.5, 0.6) is 0 Å². The zero-order valence-electron chi connectivity index (χ0n) is 5.15. The largest absolute Gasteiger partial charge is 0.396 e. The molecule has 0 bridgehead atoms. The molecule has 0 spiro atoms. The maximum absolute atomic E-state index is 8.33. The van der Waals surface area contributed by atoms with Gasteiger partial charge in [-0.2, -0.15) is 0 Å². The van der Waals surface area contributed by atoms with Crippen LogP contribution in [0.25, 0.3) is 0 Å². The molecule has 1 N–H and O–H groups in total. The van der Waals surface area contributed by atoms with Gasteiger partial charge in [-0.1, -0.05) is 72.3 Å². The number of rotatable bonds is 2. The fraction of sp³-hybridized carbons (Fsp3) is 1.00. The molecule has 0 aromatic rings. The second-order valence-corrected chi connectivity index (χ2v) is 1.70. The van der Waals surface area contributed by atoms with Gasteiger partial charge in [0.15, 0.2) is 0 Å².